The maximum Gasteiger partial charge on any atom is 0.115 e. The van der Waals surface area contributed by atoms with Crippen LogP contribution in [0.4, 0.5) is 5.69 Å². The molecule has 0 bridgehead atoms. The molecule has 1 N–H and O–H groups in total. The molecule has 1 aromatic rings. The van der Waals surface area contributed by atoms with Gasteiger partial charge in [0, 0.05) is 18.8 Å². The van der Waals surface area contributed by atoms with Crippen molar-refractivity contribution in [2.45, 2.75) is 33.6 Å². The summed E-state index contributed by atoms with van der Waals surface area (Å²) < 4.78 is 0. The molecule has 1 aromatic carbocycles. The van der Waals surface area contributed by atoms with Gasteiger partial charge >= 0.3 is 0 Å². The Balaban J connectivity index is 2.64. The lowest BCUT2D eigenvalue weighted by Crippen LogP contribution is -2.26. The van der Waals surface area contributed by atoms with Crippen molar-refractivity contribution < 1.29 is 5.11 Å². The molecular formula is C14H23NO. The Morgan fingerprint density at radius 1 is 1.12 bits per heavy atom. The predicted molar refractivity (Wildman–Crippen MR) is 70.1 cm³/mol. The van der Waals surface area contributed by atoms with Crippen molar-refractivity contribution in [1.82, 2.24) is 0 Å². The number of hydrogen-bond donors (Lipinski definition) is 1. The van der Waals surface area contributed by atoms with Gasteiger partial charge < -0.3 is 10.0 Å². The lowest BCUT2D eigenvalue weighted by molar-refractivity contribution is 0.475. The van der Waals surface area contributed by atoms with Crippen LogP contribution in [0, 0.1) is 5.92 Å². The zero-order chi connectivity index (χ0) is 12.0. The van der Waals surface area contributed by atoms with Crippen LogP contribution in [0.15, 0.2) is 24.3 Å². The van der Waals surface area contributed by atoms with Crippen molar-refractivity contribution in [2.75, 3.05) is 18.0 Å². The number of benzene rings is 1. The Morgan fingerprint density at radius 2 is 1.75 bits per heavy atom. The maximum atomic E-state index is 9.27. The summed E-state index contributed by atoms with van der Waals surface area (Å²) in [5.74, 6) is 1.07. The molecule has 0 aliphatic rings. The van der Waals surface area contributed by atoms with Crippen molar-refractivity contribution >= 4 is 5.69 Å². The average molecular weight is 221 g/mol. The quantitative estimate of drug-likeness (QED) is 0.792. The summed E-state index contributed by atoms with van der Waals surface area (Å²) >= 11 is 0. The van der Waals surface area contributed by atoms with Gasteiger partial charge in [-0.05, 0) is 43.0 Å². The second-order valence-electron chi connectivity index (χ2n) is 4.69. The van der Waals surface area contributed by atoms with Gasteiger partial charge in [-0.2, -0.15) is 0 Å². The van der Waals surface area contributed by atoms with Crippen LogP contribution in [0.25, 0.3) is 0 Å². The molecule has 0 heterocycles. The molecule has 0 unspecified atom stereocenters. The highest BCUT2D eigenvalue weighted by Crippen LogP contribution is 2.19. The second-order valence-corrected chi connectivity index (χ2v) is 4.69. The Morgan fingerprint density at radius 3 is 2.25 bits per heavy atom. The van der Waals surface area contributed by atoms with Gasteiger partial charge in [0.2, 0.25) is 0 Å². The molecule has 90 valence electrons. The molecule has 0 amide bonds. The minimum atomic E-state index is 0.337. The van der Waals surface area contributed by atoms with E-state index in [0.717, 1.165) is 25.4 Å². The van der Waals surface area contributed by atoms with E-state index in [1.165, 1.54) is 12.1 Å². The number of hydrogen-bond acceptors (Lipinski definition) is 2. The first-order chi connectivity index (χ1) is 7.63. The molecule has 0 saturated carbocycles. The molecule has 0 aromatic heterocycles. The summed E-state index contributed by atoms with van der Waals surface area (Å²) in [6, 6.07) is 7.50. The number of nitrogens with zero attached hydrogens (tertiary/aromatic N) is 1. The van der Waals surface area contributed by atoms with Crippen LogP contribution in [0.5, 0.6) is 5.75 Å². The smallest absolute Gasteiger partial charge is 0.115 e. The van der Waals surface area contributed by atoms with Gasteiger partial charge in [0.05, 0.1) is 0 Å². The van der Waals surface area contributed by atoms with Crippen LogP contribution in [0.1, 0.15) is 33.6 Å². The first-order valence-corrected chi connectivity index (χ1v) is 6.17. The Labute approximate surface area is 98.9 Å². The third kappa shape index (κ3) is 4.13. The Kier molecular flexibility index (Phi) is 5.17. The highest BCUT2D eigenvalue weighted by molar-refractivity contribution is 5.48. The number of rotatable bonds is 6. The lowest BCUT2D eigenvalue weighted by Gasteiger charge is -2.25. The van der Waals surface area contributed by atoms with Crippen LogP contribution < -0.4 is 4.90 Å². The van der Waals surface area contributed by atoms with E-state index in [2.05, 4.69) is 25.7 Å². The van der Waals surface area contributed by atoms with E-state index in [0.29, 0.717) is 5.75 Å². The van der Waals surface area contributed by atoms with Gasteiger partial charge in [-0.1, -0.05) is 20.8 Å². The van der Waals surface area contributed by atoms with E-state index in [1.54, 1.807) is 12.1 Å². The molecular weight excluding hydrogens is 198 g/mol. The van der Waals surface area contributed by atoms with Crippen molar-refractivity contribution in [3.63, 3.8) is 0 Å². The summed E-state index contributed by atoms with van der Waals surface area (Å²) in [6.45, 7) is 8.87. The van der Waals surface area contributed by atoms with E-state index in [9.17, 15) is 5.11 Å². The van der Waals surface area contributed by atoms with Crippen LogP contribution in [-0.4, -0.2) is 18.2 Å². The fourth-order valence-corrected chi connectivity index (χ4v) is 1.72. The van der Waals surface area contributed by atoms with Gasteiger partial charge in [0.25, 0.3) is 0 Å². The summed E-state index contributed by atoms with van der Waals surface area (Å²) in [6.07, 6.45) is 2.36. The van der Waals surface area contributed by atoms with Crippen LogP contribution in [0.2, 0.25) is 0 Å². The molecule has 1 rings (SSSR count). The van der Waals surface area contributed by atoms with Gasteiger partial charge in [-0.15, -0.1) is 0 Å². The van der Waals surface area contributed by atoms with Crippen molar-refractivity contribution in [2.24, 2.45) is 5.92 Å². The van der Waals surface area contributed by atoms with E-state index >= 15 is 0 Å². The predicted octanol–water partition coefficient (Wildman–Crippen LogP) is 3.65. The Bertz CT molecular complexity index is 292. The largest absolute Gasteiger partial charge is 0.508 e. The van der Waals surface area contributed by atoms with Gasteiger partial charge in [0.15, 0.2) is 0 Å². The van der Waals surface area contributed by atoms with E-state index < -0.39 is 0 Å². The van der Waals surface area contributed by atoms with Crippen LogP contribution in [0.3, 0.4) is 0 Å². The zero-order valence-electron chi connectivity index (χ0n) is 10.6. The van der Waals surface area contributed by atoms with Crippen molar-refractivity contribution in [1.29, 1.82) is 0 Å². The molecule has 0 aliphatic carbocycles. The standard InChI is InChI=1S/C14H23NO/c1-4-10-15(11-9-12(2)3)13-5-7-14(16)8-6-13/h5-8,12,16H,4,9-11H2,1-3H3. The number of aromatic hydroxyl groups is 1. The van der Waals surface area contributed by atoms with Gasteiger partial charge in [0.1, 0.15) is 5.75 Å². The summed E-state index contributed by atoms with van der Waals surface area (Å²) in [7, 11) is 0. The number of anilines is 1. The maximum absolute atomic E-state index is 9.27. The van der Waals surface area contributed by atoms with Crippen molar-refractivity contribution in [3.05, 3.63) is 24.3 Å². The third-order valence-electron chi connectivity index (χ3n) is 2.68. The fourth-order valence-electron chi connectivity index (χ4n) is 1.72. The fraction of sp³-hybridized carbons (Fsp3) is 0.571. The lowest BCUT2D eigenvalue weighted by atomic mass is 10.1. The molecule has 16 heavy (non-hydrogen) atoms. The molecule has 2 nitrogen and oxygen atoms in total. The first kappa shape index (κ1) is 12.9. The van der Waals surface area contributed by atoms with E-state index in [1.807, 2.05) is 12.1 Å². The summed E-state index contributed by atoms with van der Waals surface area (Å²) in [5, 5.41) is 9.27. The zero-order valence-corrected chi connectivity index (χ0v) is 10.6. The van der Waals surface area contributed by atoms with E-state index in [-0.39, 0.29) is 0 Å². The molecule has 0 radical (unpaired) electrons. The highest BCUT2D eigenvalue weighted by atomic mass is 16.3. The molecule has 0 fully saturated rings. The average Bonchev–Trinajstić information content (AvgIpc) is 2.25. The summed E-state index contributed by atoms with van der Waals surface area (Å²) in [4.78, 5) is 2.39. The molecule has 0 spiro atoms. The third-order valence-corrected chi connectivity index (χ3v) is 2.68. The van der Waals surface area contributed by atoms with Gasteiger partial charge in [-0.3, -0.25) is 0 Å². The topological polar surface area (TPSA) is 23.5 Å². The minimum absolute atomic E-state index is 0.337. The first-order valence-electron chi connectivity index (χ1n) is 6.17. The van der Waals surface area contributed by atoms with Crippen molar-refractivity contribution in [3.8, 4) is 5.75 Å². The highest BCUT2D eigenvalue weighted by Gasteiger charge is 2.06. The number of phenolic OH excluding ortho intramolecular Hbond substituents is 1. The Hall–Kier alpha value is -1.18. The van der Waals surface area contributed by atoms with Crippen LogP contribution in [-0.2, 0) is 0 Å². The van der Waals surface area contributed by atoms with Gasteiger partial charge in [-0.25, -0.2) is 0 Å². The normalized spacial score (nSPS) is 10.8. The molecule has 0 atom stereocenters. The summed E-state index contributed by atoms with van der Waals surface area (Å²) in [5.41, 5.74) is 1.21. The monoisotopic (exact) mass is 221 g/mol. The van der Waals surface area contributed by atoms with Crippen LogP contribution >= 0.6 is 0 Å². The molecule has 0 aliphatic heterocycles. The molecule has 0 saturated heterocycles. The molecule has 2 heteroatoms. The second kappa shape index (κ2) is 6.41. The SMILES string of the molecule is CCCN(CCC(C)C)c1ccc(O)cc1. The minimum Gasteiger partial charge on any atom is -0.508 e. The number of phenols is 1. The van der Waals surface area contributed by atoms with E-state index in [4.69, 9.17) is 0 Å².